The molecular weight excluding hydrogens is 276 g/mol. The van der Waals surface area contributed by atoms with E-state index in [2.05, 4.69) is 17.2 Å². The highest BCUT2D eigenvalue weighted by Gasteiger charge is 2.26. The number of nitrogens with one attached hydrogen (secondary N) is 1. The minimum atomic E-state index is -0.0147. The number of anilines is 2. The third-order valence-electron chi connectivity index (χ3n) is 3.44. The Hall–Kier alpha value is -1.34. The van der Waals surface area contributed by atoms with Crippen LogP contribution in [0.5, 0.6) is 0 Å². The summed E-state index contributed by atoms with van der Waals surface area (Å²) < 4.78 is 5.31. The number of thiazole rings is 1. The Bertz CT molecular complexity index is 455. The topological polar surface area (TPSA) is 80.5 Å². The van der Waals surface area contributed by atoms with Crippen molar-refractivity contribution in [2.75, 3.05) is 37.8 Å². The fraction of sp³-hybridized carbons (Fsp3) is 0.692. The van der Waals surface area contributed by atoms with E-state index in [-0.39, 0.29) is 12.0 Å². The number of hydrogen-bond acceptors (Lipinski definition) is 6. The molecule has 6 nitrogen and oxygen atoms in total. The molecule has 0 aromatic carbocycles. The van der Waals surface area contributed by atoms with Crippen LogP contribution in [0.1, 0.15) is 35.9 Å². The number of carbonyl (C=O) groups is 1. The summed E-state index contributed by atoms with van der Waals surface area (Å²) in [5.41, 5.74) is 5.86. The minimum Gasteiger partial charge on any atom is -0.382 e. The van der Waals surface area contributed by atoms with Crippen LogP contribution in [0.15, 0.2) is 0 Å². The number of piperidine rings is 1. The number of carbonyl (C=O) groups excluding carboxylic acids is 1. The summed E-state index contributed by atoms with van der Waals surface area (Å²) in [4.78, 5) is 19.0. The van der Waals surface area contributed by atoms with Crippen LogP contribution < -0.4 is 11.1 Å². The zero-order valence-corrected chi connectivity index (χ0v) is 12.8. The zero-order valence-electron chi connectivity index (χ0n) is 12.0. The molecule has 1 fully saturated rings. The number of amides is 1. The van der Waals surface area contributed by atoms with E-state index in [1.807, 2.05) is 4.90 Å². The fourth-order valence-electron chi connectivity index (χ4n) is 2.23. The van der Waals surface area contributed by atoms with Gasteiger partial charge in [-0.15, -0.1) is 0 Å². The van der Waals surface area contributed by atoms with E-state index in [1.165, 1.54) is 11.3 Å². The van der Waals surface area contributed by atoms with Gasteiger partial charge in [0.1, 0.15) is 10.7 Å². The zero-order chi connectivity index (χ0) is 14.5. The molecule has 0 atom stereocenters. The SMILES string of the molecule is CCCNc1nc(N)c(C(=O)N2CCC(OC)CC2)s1. The van der Waals surface area contributed by atoms with Gasteiger partial charge < -0.3 is 20.7 Å². The fourth-order valence-corrected chi connectivity index (χ4v) is 3.11. The van der Waals surface area contributed by atoms with Gasteiger partial charge in [-0.3, -0.25) is 4.79 Å². The number of ether oxygens (including phenoxy) is 1. The molecule has 1 aromatic heterocycles. The maximum atomic E-state index is 12.5. The van der Waals surface area contributed by atoms with Crippen LogP contribution in [0.25, 0.3) is 0 Å². The Labute approximate surface area is 123 Å². The van der Waals surface area contributed by atoms with Gasteiger partial charge in [0.2, 0.25) is 0 Å². The van der Waals surface area contributed by atoms with Crippen LogP contribution in [0.4, 0.5) is 10.9 Å². The first-order chi connectivity index (χ1) is 9.65. The molecule has 1 saturated heterocycles. The van der Waals surface area contributed by atoms with Gasteiger partial charge in [-0.05, 0) is 19.3 Å². The van der Waals surface area contributed by atoms with Crippen molar-refractivity contribution in [2.24, 2.45) is 0 Å². The minimum absolute atomic E-state index is 0.0147. The van der Waals surface area contributed by atoms with E-state index >= 15 is 0 Å². The molecule has 0 radical (unpaired) electrons. The van der Waals surface area contributed by atoms with Gasteiger partial charge in [0, 0.05) is 26.7 Å². The van der Waals surface area contributed by atoms with Gasteiger partial charge in [-0.2, -0.15) is 0 Å². The molecule has 7 heteroatoms. The number of nitrogen functional groups attached to an aromatic ring is 1. The lowest BCUT2D eigenvalue weighted by Gasteiger charge is -2.30. The number of likely N-dealkylation sites (tertiary alicyclic amines) is 1. The molecule has 0 spiro atoms. The van der Waals surface area contributed by atoms with Crippen LogP contribution in [-0.4, -0.2) is 48.6 Å². The van der Waals surface area contributed by atoms with Gasteiger partial charge in [0.05, 0.1) is 6.10 Å². The second-order valence-electron chi connectivity index (χ2n) is 4.89. The second kappa shape index (κ2) is 6.90. The summed E-state index contributed by atoms with van der Waals surface area (Å²) in [5, 5.41) is 3.89. The standard InChI is InChI=1S/C13H22N4O2S/c1-3-6-15-13-16-11(14)10(20-13)12(18)17-7-4-9(19-2)5-8-17/h9H,3-8,14H2,1-2H3,(H,15,16). The summed E-state index contributed by atoms with van der Waals surface area (Å²) in [6.45, 7) is 4.34. The Morgan fingerprint density at radius 3 is 2.85 bits per heavy atom. The van der Waals surface area contributed by atoms with Crippen molar-refractivity contribution in [2.45, 2.75) is 32.3 Å². The predicted molar refractivity (Wildman–Crippen MR) is 81.2 cm³/mol. The van der Waals surface area contributed by atoms with E-state index in [9.17, 15) is 4.79 Å². The summed E-state index contributed by atoms with van der Waals surface area (Å²) in [7, 11) is 1.72. The molecule has 1 amide bonds. The number of nitrogens with two attached hydrogens (primary N) is 1. The normalized spacial score (nSPS) is 16.4. The molecule has 2 rings (SSSR count). The second-order valence-corrected chi connectivity index (χ2v) is 5.89. The van der Waals surface area contributed by atoms with Gasteiger partial charge in [-0.25, -0.2) is 4.98 Å². The summed E-state index contributed by atoms with van der Waals surface area (Å²) in [6, 6.07) is 0. The number of hydrogen-bond donors (Lipinski definition) is 2. The van der Waals surface area contributed by atoms with E-state index in [1.54, 1.807) is 7.11 Å². The quantitative estimate of drug-likeness (QED) is 0.866. The molecule has 2 heterocycles. The molecule has 1 aliphatic heterocycles. The average molecular weight is 298 g/mol. The molecule has 0 saturated carbocycles. The number of methoxy groups -OCH3 is 1. The largest absolute Gasteiger partial charge is 0.382 e. The lowest BCUT2D eigenvalue weighted by Crippen LogP contribution is -2.40. The van der Waals surface area contributed by atoms with Crippen molar-refractivity contribution in [3.05, 3.63) is 4.88 Å². The van der Waals surface area contributed by atoms with Crippen molar-refractivity contribution in [3.8, 4) is 0 Å². The van der Waals surface area contributed by atoms with E-state index in [4.69, 9.17) is 10.5 Å². The monoisotopic (exact) mass is 298 g/mol. The first-order valence-corrected chi connectivity index (χ1v) is 7.79. The van der Waals surface area contributed by atoms with Gasteiger partial charge in [0.25, 0.3) is 5.91 Å². The Kier molecular flexibility index (Phi) is 5.19. The third kappa shape index (κ3) is 3.40. The van der Waals surface area contributed by atoms with Crippen LogP contribution in [-0.2, 0) is 4.74 Å². The number of aromatic nitrogens is 1. The Balaban J connectivity index is 2.00. The van der Waals surface area contributed by atoms with Crippen LogP contribution in [0.3, 0.4) is 0 Å². The summed E-state index contributed by atoms with van der Waals surface area (Å²) in [5.74, 6) is 0.312. The highest BCUT2D eigenvalue weighted by molar-refractivity contribution is 7.18. The smallest absolute Gasteiger partial charge is 0.267 e. The molecule has 0 unspecified atom stereocenters. The van der Waals surface area contributed by atoms with Crippen LogP contribution in [0, 0.1) is 0 Å². The van der Waals surface area contributed by atoms with Crippen molar-refractivity contribution in [1.29, 1.82) is 0 Å². The summed E-state index contributed by atoms with van der Waals surface area (Å²) in [6.07, 6.45) is 3.02. The van der Waals surface area contributed by atoms with E-state index < -0.39 is 0 Å². The van der Waals surface area contributed by atoms with Crippen molar-refractivity contribution in [3.63, 3.8) is 0 Å². The number of nitrogens with zero attached hydrogens (tertiary/aromatic N) is 2. The first kappa shape index (κ1) is 15.1. The molecule has 3 N–H and O–H groups in total. The van der Waals surface area contributed by atoms with Crippen LogP contribution >= 0.6 is 11.3 Å². The van der Waals surface area contributed by atoms with Crippen molar-refractivity contribution in [1.82, 2.24) is 9.88 Å². The molecule has 112 valence electrons. The Morgan fingerprint density at radius 1 is 1.55 bits per heavy atom. The molecule has 1 aromatic rings. The summed E-state index contributed by atoms with van der Waals surface area (Å²) >= 11 is 1.34. The van der Waals surface area contributed by atoms with Crippen LogP contribution in [0.2, 0.25) is 0 Å². The molecule has 0 aliphatic carbocycles. The molecule has 0 bridgehead atoms. The number of rotatable bonds is 5. The van der Waals surface area contributed by atoms with Crippen molar-refractivity contribution >= 4 is 28.2 Å². The van der Waals surface area contributed by atoms with Crippen molar-refractivity contribution < 1.29 is 9.53 Å². The maximum absolute atomic E-state index is 12.5. The predicted octanol–water partition coefficient (Wildman–Crippen LogP) is 1.80. The lowest BCUT2D eigenvalue weighted by atomic mass is 10.1. The van der Waals surface area contributed by atoms with Gasteiger partial charge in [-0.1, -0.05) is 18.3 Å². The third-order valence-corrected chi connectivity index (χ3v) is 4.45. The Morgan fingerprint density at radius 2 is 2.25 bits per heavy atom. The van der Waals surface area contributed by atoms with Gasteiger partial charge >= 0.3 is 0 Å². The lowest BCUT2D eigenvalue weighted by molar-refractivity contribution is 0.0354. The average Bonchev–Trinajstić information content (AvgIpc) is 2.85. The first-order valence-electron chi connectivity index (χ1n) is 6.98. The molecule has 1 aliphatic rings. The van der Waals surface area contributed by atoms with E-state index in [0.717, 1.165) is 30.9 Å². The molecule has 20 heavy (non-hydrogen) atoms. The molecular formula is C13H22N4O2S. The maximum Gasteiger partial charge on any atom is 0.267 e. The highest BCUT2D eigenvalue weighted by Crippen LogP contribution is 2.27. The van der Waals surface area contributed by atoms with E-state index in [0.29, 0.717) is 23.8 Å². The van der Waals surface area contributed by atoms with Gasteiger partial charge in [0.15, 0.2) is 5.13 Å². The highest BCUT2D eigenvalue weighted by atomic mass is 32.1.